The molecule has 90 valence electrons. The average Bonchev–Trinajstić information content (AvgIpc) is 2.30. The number of hydrogen-bond donors (Lipinski definition) is 1. The second-order valence-electron chi connectivity index (χ2n) is 3.58. The lowest BCUT2D eigenvalue weighted by Crippen LogP contribution is -2.12. The monoisotopic (exact) mass is 287 g/mol. The zero-order valence-electron chi connectivity index (χ0n) is 10.2. The maximum absolute atomic E-state index is 5.42. The van der Waals surface area contributed by atoms with Crippen LogP contribution in [0.1, 0.15) is 11.1 Å². The van der Waals surface area contributed by atoms with Gasteiger partial charge in [0.15, 0.2) is 11.5 Å². The first kappa shape index (κ1) is 13.3. The van der Waals surface area contributed by atoms with Gasteiger partial charge >= 0.3 is 0 Å². The molecule has 0 amide bonds. The molecule has 0 bridgehead atoms. The third kappa shape index (κ3) is 2.68. The minimum atomic E-state index is 0.786. The number of hydrogen-bond acceptors (Lipinski definition) is 3. The third-order valence-electron chi connectivity index (χ3n) is 2.51. The molecule has 16 heavy (non-hydrogen) atoms. The topological polar surface area (TPSA) is 30.5 Å². The van der Waals surface area contributed by atoms with Gasteiger partial charge in [-0.2, -0.15) is 0 Å². The quantitative estimate of drug-likeness (QED) is 0.903. The van der Waals surface area contributed by atoms with E-state index in [-0.39, 0.29) is 0 Å². The minimum absolute atomic E-state index is 0.786. The predicted octanol–water partition coefficient (Wildman–Crippen LogP) is 2.54. The summed E-state index contributed by atoms with van der Waals surface area (Å²) in [6.07, 6.45) is 0.901. The van der Waals surface area contributed by atoms with Gasteiger partial charge in [0, 0.05) is 10.0 Å². The van der Waals surface area contributed by atoms with Crippen LogP contribution in [0.25, 0.3) is 0 Å². The zero-order valence-corrected chi connectivity index (χ0v) is 11.8. The van der Waals surface area contributed by atoms with Crippen molar-refractivity contribution in [3.63, 3.8) is 0 Å². The molecule has 0 aromatic heterocycles. The average molecular weight is 288 g/mol. The number of rotatable bonds is 5. The highest BCUT2D eigenvalue weighted by molar-refractivity contribution is 9.10. The van der Waals surface area contributed by atoms with Crippen molar-refractivity contribution >= 4 is 15.9 Å². The number of methoxy groups -OCH3 is 2. The number of nitrogens with one attached hydrogen (secondary N) is 1. The van der Waals surface area contributed by atoms with Crippen LogP contribution >= 0.6 is 15.9 Å². The smallest absolute Gasteiger partial charge is 0.165 e. The van der Waals surface area contributed by atoms with Crippen molar-refractivity contribution in [1.29, 1.82) is 0 Å². The summed E-state index contributed by atoms with van der Waals surface area (Å²) in [5.74, 6) is 1.60. The molecule has 0 unspecified atom stereocenters. The van der Waals surface area contributed by atoms with Crippen LogP contribution in [0.2, 0.25) is 0 Å². The summed E-state index contributed by atoms with van der Waals surface area (Å²) < 4.78 is 11.8. The summed E-state index contributed by atoms with van der Waals surface area (Å²) >= 11 is 3.60. The molecule has 0 heterocycles. The van der Waals surface area contributed by atoms with E-state index in [1.807, 2.05) is 13.1 Å². The molecule has 0 radical (unpaired) electrons. The lowest BCUT2D eigenvalue weighted by atomic mass is 10.1. The van der Waals surface area contributed by atoms with Crippen LogP contribution in [0.5, 0.6) is 11.5 Å². The van der Waals surface area contributed by atoms with Crippen molar-refractivity contribution in [2.75, 3.05) is 27.8 Å². The predicted molar refractivity (Wildman–Crippen MR) is 69.6 cm³/mol. The van der Waals surface area contributed by atoms with Crippen LogP contribution < -0.4 is 14.8 Å². The molecule has 0 aliphatic heterocycles. The van der Waals surface area contributed by atoms with Crippen LogP contribution in [-0.2, 0) is 6.42 Å². The van der Waals surface area contributed by atoms with Gasteiger partial charge in [0.1, 0.15) is 0 Å². The minimum Gasteiger partial charge on any atom is -0.493 e. The summed E-state index contributed by atoms with van der Waals surface area (Å²) in [6, 6.07) is 1.98. The van der Waals surface area contributed by atoms with Gasteiger partial charge in [-0.1, -0.05) is 15.9 Å². The Balaban J connectivity index is 3.23. The number of likely N-dealkylation sites (N-methyl/N-ethyl adjacent to an activating group) is 1. The van der Waals surface area contributed by atoms with Gasteiger partial charge in [-0.3, -0.25) is 0 Å². The second-order valence-corrected chi connectivity index (χ2v) is 4.37. The lowest BCUT2D eigenvalue weighted by Gasteiger charge is -2.16. The number of aryl methyl sites for hydroxylation is 1. The summed E-state index contributed by atoms with van der Waals surface area (Å²) in [6.45, 7) is 2.95. The van der Waals surface area contributed by atoms with Gasteiger partial charge in [-0.05, 0) is 38.6 Å². The normalized spacial score (nSPS) is 10.3. The Morgan fingerprint density at radius 3 is 2.50 bits per heavy atom. The van der Waals surface area contributed by atoms with Gasteiger partial charge in [-0.15, -0.1) is 0 Å². The van der Waals surface area contributed by atoms with Crippen molar-refractivity contribution in [2.24, 2.45) is 0 Å². The highest BCUT2D eigenvalue weighted by Gasteiger charge is 2.15. The Labute approximate surface area is 105 Å². The molecule has 0 aliphatic carbocycles. The van der Waals surface area contributed by atoms with Gasteiger partial charge < -0.3 is 14.8 Å². The van der Waals surface area contributed by atoms with Gasteiger partial charge in [-0.25, -0.2) is 0 Å². The van der Waals surface area contributed by atoms with E-state index in [1.54, 1.807) is 14.2 Å². The highest BCUT2D eigenvalue weighted by atomic mass is 79.9. The standard InChI is InChI=1S/C12H18BrNO2/c1-8-7-10(15-3)12(16-4)9(11(8)13)5-6-14-2/h7,14H,5-6H2,1-4H3. The summed E-state index contributed by atoms with van der Waals surface area (Å²) in [7, 11) is 5.27. The van der Waals surface area contributed by atoms with Crippen molar-refractivity contribution in [2.45, 2.75) is 13.3 Å². The Hall–Kier alpha value is -0.740. The Bertz CT molecular complexity index is 367. The molecule has 0 spiro atoms. The fraction of sp³-hybridized carbons (Fsp3) is 0.500. The van der Waals surface area contributed by atoms with Crippen molar-refractivity contribution in [3.05, 3.63) is 21.7 Å². The Morgan fingerprint density at radius 2 is 2.00 bits per heavy atom. The highest BCUT2D eigenvalue weighted by Crippen LogP contribution is 2.38. The van der Waals surface area contributed by atoms with Crippen LogP contribution in [0, 0.1) is 6.92 Å². The molecule has 3 nitrogen and oxygen atoms in total. The fourth-order valence-electron chi connectivity index (χ4n) is 1.66. The first-order valence-electron chi connectivity index (χ1n) is 5.20. The first-order chi connectivity index (χ1) is 7.65. The van der Waals surface area contributed by atoms with E-state index in [9.17, 15) is 0 Å². The Morgan fingerprint density at radius 1 is 1.31 bits per heavy atom. The van der Waals surface area contributed by atoms with Crippen LogP contribution in [0.4, 0.5) is 0 Å². The van der Waals surface area contributed by atoms with E-state index in [0.29, 0.717) is 0 Å². The van der Waals surface area contributed by atoms with Gasteiger partial charge in [0.25, 0.3) is 0 Å². The summed E-state index contributed by atoms with van der Waals surface area (Å²) in [4.78, 5) is 0. The molecular formula is C12H18BrNO2. The fourth-order valence-corrected chi connectivity index (χ4v) is 2.15. The molecular weight excluding hydrogens is 270 g/mol. The van der Waals surface area contributed by atoms with E-state index < -0.39 is 0 Å². The van der Waals surface area contributed by atoms with E-state index in [2.05, 4.69) is 28.2 Å². The molecule has 1 aromatic rings. The lowest BCUT2D eigenvalue weighted by molar-refractivity contribution is 0.351. The molecule has 1 rings (SSSR count). The number of benzene rings is 1. The summed E-state index contributed by atoms with van der Waals surface area (Å²) in [5, 5.41) is 3.13. The zero-order chi connectivity index (χ0) is 12.1. The first-order valence-corrected chi connectivity index (χ1v) is 5.99. The largest absolute Gasteiger partial charge is 0.493 e. The van der Waals surface area contributed by atoms with E-state index in [4.69, 9.17) is 9.47 Å². The SMILES string of the molecule is CNCCc1c(Br)c(C)cc(OC)c1OC. The maximum Gasteiger partial charge on any atom is 0.165 e. The molecule has 0 saturated heterocycles. The van der Waals surface area contributed by atoms with E-state index in [0.717, 1.165) is 40.1 Å². The molecule has 4 heteroatoms. The Kier molecular flexibility index (Phi) is 5.09. The number of ether oxygens (including phenoxy) is 2. The molecule has 0 atom stereocenters. The molecule has 0 fully saturated rings. The van der Waals surface area contributed by atoms with Crippen molar-refractivity contribution < 1.29 is 9.47 Å². The molecule has 1 aromatic carbocycles. The second kappa shape index (κ2) is 6.11. The molecule has 1 N–H and O–H groups in total. The molecule has 0 aliphatic rings. The molecule has 0 saturated carbocycles. The number of halogens is 1. The van der Waals surface area contributed by atoms with Gasteiger partial charge in [0.05, 0.1) is 14.2 Å². The van der Waals surface area contributed by atoms with E-state index in [1.165, 1.54) is 0 Å². The van der Waals surface area contributed by atoms with Crippen LogP contribution in [0.3, 0.4) is 0 Å². The van der Waals surface area contributed by atoms with Crippen molar-refractivity contribution in [1.82, 2.24) is 5.32 Å². The third-order valence-corrected chi connectivity index (χ3v) is 3.61. The summed E-state index contributed by atoms with van der Waals surface area (Å²) in [5.41, 5.74) is 2.30. The van der Waals surface area contributed by atoms with Crippen LogP contribution in [0.15, 0.2) is 10.5 Å². The van der Waals surface area contributed by atoms with Crippen molar-refractivity contribution in [3.8, 4) is 11.5 Å². The van der Waals surface area contributed by atoms with E-state index >= 15 is 0 Å². The maximum atomic E-state index is 5.42. The van der Waals surface area contributed by atoms with Gasteiger partial charge in [0.2, 0.25) is 0 Å². The van der Waals surface area contributed by atoms with Crippen LogP contribution in [-0.4, -0.2) is 27.8 Å².